The van der Waals surface area contributed by atoms with Crippen LogP contribution in [-0.4, -0.2) is 23.2 Å². The van der Waals surface area contributed by atoms with E-state index in [9.17, 15) is 0 Å². The first-order valence-electron chi connectivity index (χ1n) is 5.85. The predicted molar refractivity (Wildman–Crippen MR) is 57.8 cm³/mol. The van der Waals surface area contributed by atoms with E-state index >= 15 is 0 Å². The van der Waals surface area contributed by atoms with Crippen molar-refractivity contribution in [1.82, 2.24) is 15.5 Å². The number of piperidine rings is 1. The number of aromatic nitrogens is 2. The molecule has 1 aromatic rings. The van der Waals surface area contributed by atoms with Crippen molar-refractivity contribution >= 4 is 0 Å². The summed E-state index contributed by atoms with van der Waals surface area (Å²) in [6.45, 7) is 6.40. The first kappa shape index (κ1) is 10.6. The van der Waals surface area contributed by atoms with E-state index in [2.05, 4.69) is 29.3 Å². The van der Waals surface area contributed by atoms with Gasteiger partial charge in [-0.1, -0.05) is 19.0 Å². The lowest BCUT2D eigenvalue weighted by Crippen LogP contribution is -2.26. The molecule has 2 heterocycles. The predicted octanol–water partition coefficient (Wildman–Crippen LogP) is 2.05. The molecule has 0 radical (unpaired) electrons. The minimum absolute atomic E-state index is 0.407. The normalized spacial score (nSPS) is 20.4. The highest BCUT2D eigenvalue weighted by Gasteiger charge is 2.22. The van der Waals surface area contributed by atoms with Gasteiger partial charge in [-0.3, -0.25) is 0 Å². The lowest BCUT2D eigenvalue weighted by atomic mass is 9.98. The van der Waals surface area contributed by atoms with Crippen LogP contribution in [0.5, 0.6) is 0 Å². The molecule has 1 atom stereocenters. The maximum Gasteiger partial charge on any atom is 0.229 e. The molecule has 1 aliphatic heterocycles. The van der Waals surface area contributed by atoms with Crippen LogP contribution in [0.1, 0.15) is 56.7 Å². The Hall–Kier alpha value is -0.900. The van der Waals surface area contributed by atoms with Gasteiger partial charge in [-0.05, 0) is 32.4 Å². The van der Waals surface area contributed by atoms with Gasteiger partial charge in [0.15, 0.2) is 5.82 Å². The number of rotatable bonds is 3. The Labute approximate surface area is 90.4 Å². The molecule has 1 fully saturated rings. The molecule has 4 nitrogen and oxygen atoms in total. The molecular weight excluding hydrogens is 190 g/mol. The molecular formula is C11H19N3O. The van der Waals surface area contributed by atoms with Gasteiger partial charge < -0.3 is 9.84 Å². The lowest BCUT2D eigenvalue weighted by molar-refractivity contribution is 0.317. The van der Waals surface area contributed by atoms with Crippen molar-refractivity contribution in [3.05, 3.63) is 11.7 Å². The Bertz CT molecular complexity index is 305. The maximum atomic E-state index is 5.34. The fourth-order valence-electron chi connectivity index (χ4n) is 1.86. The molecule has 1 aliphatic rings. The van der Waals surface area contributed by atoms with Crippen molar-refractivity contribution in [3.63, 3.8) is 0 Å². The van der Waals surface area contributed by atoms with Gasteiger partial charge in [0.25, 0.3) is 0 Å². The van der Waals surface area contributed by atoms with Gasteiger partial charge in [0, 0.05) is 11.8 Å². The van der Waals surface area contributed by atoms with E-state index in [4.69, 9.17) is 4.52 Å². The van der Waals surface area contributed by atoms with Crippen LogP contribution in [0.25, 0.3) is 0 Å². The van der Waals surface area contributed by atoms with Crippen molar-refractivity contribution < 1.29 is 4.52 Å². The lowest BCUT2D eigenvalue weighted by Gasteiger charge is -2.18. The molecule has 84 valence electrons. The molecule has 2 rings (SSSR count). The highest BCUT2D eigenvalue weighted by atomic mass is 16.5. The van der Waals surface area contributed by atoms with E-state index in [1.54, 1.807) is 0 Å². The topological polar surface area (TPSA) is 51.0 Å². The van der Waals surface area contributed by atoms with Crippen LogP contribution < -0.4 is 5.32 Å². The molecule has 0 aromatic carbocycles. The van der Waals surface area contributed by atoms with E-state index in [-0.39, 0.29) is 0 Å². The molecule has 1 aromatic heterocycles. The molecule has 0 bridgehead atoms. The fraction of sp³-hybridized carbons (Fsp3) is 0.818. The van der Waals surface area contributed by atoms with Crippen molar-refractivity contribution in [2.45, 2.75) is 44.9 Å². The van der Waals surface area contributed by atoms with Gasteiger partial charge in [0.05, 0.1) is 0 Å². The summed E-state index contributed by atoms with van der Waals surface area (Å²) in [5.41, 5.74) is 0. The van der Waals surface area contributed by atoms with Crippen molar-refractivity contribution in [1.29, 1.82) is 0 Å². The Morgan fingerprint density at radius 2 is 2.20 bits per heavy atom. The summed E-state index contributed by atoms with van der Waals surface area (Å²) in [6.07, 6.45) is 3.29. The molecule has 0 saturated carbocycles. The van der Waals surface area contributed by atoms with E-state index in [1.165, 1.54) is 0 Å². The quantitative estimate of drug-likeness (QED) is 0.827. The zero-order chi connectivity index (χ0) is 10.7. The van der Waals surface area contributed by atoms with E-state index in [1.807, 2.05) is 0 Å². The third-order valence-electron chi connectivity index (χ3n) is 3.20. The standard InChI is InChI=1S/C11H19N3O/c1-3-8(2)10-13-11(15-14-10)9-4-6-12-7-5-9/h8-9,12H,3-7H2,1-2H3/t8-/m1/s1. The summed E-state index contributed by atoms with van der Waals surface area (Å²) >= 11 is 0. The van der Waals surface area contributed by atoms with Crippen LogP contribution in [0, 0.1) is 0 Å². The summed E-state index contributed by atoms with van der Waals surface area (Å²) in [6, 6.07) is 0. The molecule has 1 saturated heterocycles. The van der Waals surface area contributed by atoms with Crippen LogP contribution in [-0.2, 0) is 0 Å². The molecule has 4 heteroatoms. The number of hydrogen-bond donors (Lipinski definition) is 1. The monoisotopic (exact) mass is 209 g/mol. The zero-order valence-corrected chi connectivity index (χ0v) is 9.49. The minimum atomic E-state index is 0.407. The Morgan fingerprint density at radius 3 is 2.87 bits per heavy atom. The highest BCUT2D eigenvalue weighted by molar-refractivity contribution is 4.99. The molecule has 0 aliphatic carbocycles. The van der Waals surface area contributed by atoms with Crippen molar-refractivity contribution in [2.24, 2.45) is 0 Å². The number of nitrogens with one attached hydrogen (secondary N) is 1. The molecule has 0 spiro atoms. The summed E-state index contributed by atoms with van der Waals surface area (Å²) in [5.74, 6) is 2.58. The van der Waals surface area contributed by atoms with Gasteiger partial charge in [0.2, 0.25) is 5.89 Å². The van der Waals surface area contributed by atoms with Crippen LogP contribution in [0.15, 0.2) is 4.52 Å². The Morgan fingerprint density at radius 1 is 1.47 bits per heavy atom. The average molecular weight is 209 g/mol. The molecule has 0 amide bonds. The third kappa shape index (κ3) is 2.37. The van der Waals surface area contributed by atoms with E-state index < -0.39 is 0 Å². The SMILES string of the molecule is CC[C@@H](C)c1noc(C2CCNCC2)n1. The second-order valence-electron chi connectivity index (χ2n) is 4.32. The van der Waals surface area contributed by atoms with Gasteiger partial charge in [-0.15, -0.1) is 0 Å². The van der Waals surface area contributed by atoms with E-state index in [0.29, 0.717) is 11.8 Å². The van der Waals surface area contributed by atoms with Gasteiger partial charge >= 0.3 is 0 Å². The molecule has 1 N–H and O–H groups in total. The zero-order valence-electron chi connectivity index (χ0n) is 9.49. The van der Waals surface area contributed by atoms with E-state index in [0.717, 1.165) is 44.1 Å². The maximum absolute atomic E-state index is 5.34. The minimum Gasteiger partial charge on any atom is -0.339 e. The first-order valence-corrected chi connectivity index (χ1v) is 5.85. The van der Waals surface area contributed by atoms with Crippen molar-refractivity contribution in [3.8, 4) is 0 Å². The third-order valence-corrected chi connectivity index (χ3v) is 3.20. The molecule has 15 heavy (non-hydrogen) atoms. The first-order chi connectivity index (χ1) is 7.31. The Balaban J connectivity index is 2.05. The summed E-state index contributed by atoms with van der Waals surface area (Å²) in [5, 5.41) is 7.39. The second-order valence-corrected chi connectivity index (χ2v) is 4.32. The second kappa shape index (κ2) is 4.75. The number of hydrogen-bond acceptors (Lipinski definition) is 4. The number of nitrogens with zero attached hydrogens (tertiary/aromatic N) is 2. The Kier molecular flexibility index (Phi) is 3.36. The van der Waals surface area contributed by atoms with Gasteiger partial charge in [0.1, 0.15) is 0 Å². The summed E-state index contributed by atoms with van der Waals surface area (Å²) < 4.78 is 5.34. The summed E-state index contributed by atoms with van der Waals surface area (Å²) in [4.78, 5) is 4.50. The fourth-order valence-corrected chi connectivity index (χ4v) is 1.86. The smallest absolute Gasteiger partial charge is 0.229 e. The highest BCUT2D eigenvalue weighted by Crippen LogP contribution is 2.25. The molecule has 0 unspecified atom stereocenters. The van der Waals surface area contributed by atoms with Gasteiger partial charge in [-0.2, -0.15) is 4.98 Å². The average Bonchev–Trinajstić information content (AvgIpc) is 2.78. The van der Waals surface area contributed by atoms with Crippen LogP contribution in [0.2, 0.25) is 0 Å². The van der Waals surface area contributed by atoms with Gasteiger partial charge in [-0.25, -0.2) is 0 Å². The largest absolute Gasteiger partial charge is 0.339 e. The van der Waals surface area contributed by atoms with Crippen LogP contribution >= 0.6 is 0 Å². The van der Waals surface area contributed by atoms with Crippen LogP contribution in [0.3, 0.4) is 0 Å². The van der Waals surface area contributed by atoms with Crippen molar-refractivity contribution in [2.75, 3.05) is 13.1 Å². The van der Waals surface area contributed by atoms with Crippen LogP contribution in [0.4, 0.5) is 0 Å². The summed E-state index contributed by atoms with van der Waals surface area (Å²) in [7, 11) is 0.